The molecular formula is C24H31ClN6O. The first-order valence-electron chi connectivity index (χ1n) is 11.1. The van der Waals surface area contributed by atoms with E-state index in [1.54, 1.807) is 13.3 Å². The molecule has 4 heterocycles. The predicted octanol–water partition coefficient (Wildman–Crippen LogP) is 4.10. The van der Waals surface area contributed by atoms with Crippen LogP contribution >= 0.6 is 11.6 Å². The van der Waals surface area contributed by atoms with E-state index in [4.69, 9.17) is 21.3 Å². The number of rotatable bonds is 8. The van der Waals surface area contributed by atoms with Crippen molar-refractivity contribution in [3.63, 3.8) is 0 Å². The monoisotopic (exact) mass is 454 g/mol. The molecular weight excluding hydrogens is 424 g/mol. The van der Waals surface area contributed by atoms with Gasteiger partial charge in [0.2, 0.25) is 0 Å². The largest absolute Gasteiger partial charge is 0.383 e. The number of ether oxygens (including phenoxy) is 1. The Morgan fingerprint density at radius 3 is 2.75 bits per heavy atom. The van der Waals surface area contributed by atoms with Crippen molar-refractivity contribution in [3.05, 3.63) is 58.4 Å². The SMILES string of the molecule is CCN(CCOC)Cc1cn2c(n1)CN(c1cc(-c3ncc(C)cc3C)c(Cl)cn1)CC2. The average molecular weight is 455 g/mol. The van der Waals surface area contributed by atoms with Gasteiger partial charge in [-0.1, -0.05) is 24.6 Å². The maximum absolute atomic E-state index is 6.51. The standard InChI is InChI=1S/C24H31ClN6O/c1-5-29(8-9-32-4)14-19-15-30-6-7-31(16-23(30)28-19)22-11-20(21(25)13-26-22)24-18(3)10-17(2)12-27-24/h10-13,15H,5-9,14,16H2,1-4H3. The zero-order valence-corrected chi connectivity index (χ0v) is 20.1. The number of anilines is 1. The number of nitrogens with zero attached hydrogens (tertiary/aromatic N) is 6. The molecule has 8 heteroatoms. The highest BCUT2D eigenvalue weighted by molar-refractivity contribution is 6.33. The third-order valence-corrected chi connectivity index (χ3v) is 6.23. The molecule has 3 aromatic rings. The summed E-state index contributed by atoms with van der Waals surface area (Å²) in [6, 6.07) is 4.18. The number of imidazole rings is 1. The second-order valence-corrected chi connectivity index (χ2v) is 8.73. The summed E-state index contributed by atoms with van der Waals surface area (Å²) in [6.07, 6.45) is 5.79. The van der Waals surface area contributed by atoms with Gasteiger partial charge in [-0.05, 0) is 37.6 Å². The van der Waals surface area contributed by atoms with Gasteiger partial charge in [0.15, 0.2) is 0 Å². The van der Waals surface area contributed by atoms with Gasteiger partial charge in [-0.25, -0.2) is 9.97 Å². The van der Waals surface area contributed by atoms with Crippen LogP contribution in [0.25, 0.3) is 11.3 Å². The number of aryl methyl sites for hydroxylation is 2. The summed E-state index contributed by atoms with van der Waals surface area (Å²) in [4.78, 5) is 18.8. The number of hydrogen-bond donors (Lipinski definition) is 0. The van der Waals surface area contributed by atoms with Crippen molar-refractivity contribution >= 4 is 17.4 Å². The molecule has 0 aromatic carbocycles. The van der Waals surface area contributed by atoms with Crippen LogP contribution in [0.5, 0.6) is 0 Å². The zero-order chi connectivity index (χ0) is 22.7. The molecule has 3 aromatic heterocycles. The first-order chi connectivity index (χ1) is 15.5. The van der Waals surface area contributed by atoms with Crippen LogP contribution in [0, 0.1) is 13.8 Å². The molecule has 1 aliphatic heterocycles. The van der Waals surface area contributed by atoms with Gasteiger partial charge in [-0.2, -0.15) is 0 Å². The normalized spacial score (nSPS) is 13.6. The Kier molecular flexibility index (Phi) is 7.08. The lowest BCUT2D eigenvalue weighted by Gasteiger charge is -2.29. The molecule has 7 nitrogen and oxygen atoms in total. The number of fused-ring (bicyclic) bond motifs is 1. The molecule has 0 atom stereocenters. The minimum absolute atomic E-state index is 0.615. The van der Waals surface area contributed by atoms with E-state index in [1.165, 1.54) is 0 Å². The quantitative estimate of drug-likeness (QED) is 0.510. The van der Waals surface area contributed by atoms with E-state index in [9.17, 15) is 0 Å². The van der Waals surface area contributed by atoms with Gasteiger partial charge in [0.1, 0.15) is 11.6 Å². The molecule has 0 unspecified atom stereocenters. The Labute approximate surface area is 195 Å². The fourth-order valence-electron chi connectivity index (χ4n) is 4.16. The van der Waals surface area contributed by atoms with Crippen molar-refractivity contribution in [2.75, 3.05) is 38.3 Å². The lowest BCUT2D eigenvalue weighted by atomic mass is 10.1. The number of methoxy groups -OCH3 is 1. The lowest BCUT2D eigenvalue weighted by Crippen LogP contribution is -2.34. The summed E-state index contributed by atoms with van der Waals surface area (Å²) in [5.41, 5.74) is 5.17. The maximum atomic E-state index is 6.51. The Bertz CT molecular complexity index is 1080. The zero-order valence-electron chi connectivity index (χ0n) is 19.3. The van der Waals surface area contributed by atoms with Gasteiger partial charge in [0.25, 0.3) is 0 Å². The van der Waals surface area contributed by atoms with Crippen molar-refractivity contribution in [1.29, 1.82) is 0 Å². The van der Waals surface area contributed by atoms with Crippen molar-refractivity contribution in [2.24, 2.45) is 0 Å². The van der Waals surface area contributed by atoms with Crippen LogP contribution in [-0.2, 0) is 24.4 Å². The number of hydrogen-bond acceptors (Lipinski definition) is 6. The molecule has 0 bridgehead atoms. The molecule has 4 rings (SSSR count). The second-order valence-electron chi connectivity index (χ2n) is 8.33. The smallest absolute Gasteiger partial charge is 0.129 e. The first kappa shape index (κ1) is 22.7. The third kappa shape index (κ3) is 4.95. The van der Waals surface area contributed by atoms with E-state index < -0.39 is 0 Å². The highest BCUT2D eigenvalue weighted by Crippen LogP contribution is 2.32. The topological polar surface area (TPSA) is 59.3 Å². The molecule has 0 amide bonds. The number of likely N-dealkylation sites (N-methyl/N-ethyl adjacent to an activating group) is 1. The third-order valence-electron chi connectivity index (χ3n) is 5.93. The lowest BCUT2D eigenvalue weighted by molar-refractivity contribution is 0.147. The Balaban J connectivity index is 1.53. The van der Waals surface area contributed by atoms with Crippen LogP contribution in [0.3, 0.4) is 0 Å². The van der Waals surface area contributed by atoms with E-state index in [0.717, 1.165) is 85.6 Å². The van der Waals surface area contributed by atoms with E-state index in [0.29, 0.717) is 5.02 Å². The maximum Gasteiger partial charge on any atom is 0.129 e. The molecule has 0 radical (unpaired) electrons. The summed E-state index contributed by atoms with van der Waals surface area (Å²) in [7, 11) is 1.74. The predicted molar refractivity (Wildman–Crippen MR) is 128 cm³/mol. The molecule has 0 saturated carbocycles. The van der Waals surface area contributed by atoms with Crippen molar-refractivity contribution < 1.29 is 4.74 Å². The minimum atomic E-state index is 0.615. The second kappa shape index (κ2) is 9.98. The average Bonchev–Trinajstić information content (AvgIpc) is 3.19. The van der Waals surface area contributed by atoms with Gasteiger partial charge < -0.3 is 14.2 Å². The van der Waals surface area contributed by atoms with Crippen LogP contribution in [0.1, 0.15) is 29.6 Å². The van der Waals surface area contributed by atoms with Crippen LogP contribution in [0.2, 0.25) is 5.02 Å². The molecule has 0 N–H and O–H groups in total. The summed E-state index contributed by atoms with van der Waals surface area (Å²) in [6.45, 7) is 12.2. The van der Waals surface area contributed by atoms with Crippen LogP contribution < -0.4 is 4.90 Å². The van der Waals surface area contributed by atoms with Gasteiger partial charge in [0, 0.05) is 57.4 Å². The van der Waals surface area contributed by atoms with Crippen LogP contribution in [0.4, 0.5) is 5.82 Å². The van der Waals surface area contributed by atoms with Gasteiger partial charge >= 0.3 is 0 Å². The molecule has 170 valence electrons. The van der Waals surface area contributed by atoms with E-state index in [1.807, 2.05) is 13.1 Å². The van der Waals surface area contributed by atoms with Crippen molar-refractivity contribution in [2.45, 2.75) is 40.4 Å². The molecule has 0 saturated heterocycles. The van der Waals surface area contributed by atoms with E-state index in [2.05, 4.69) is 56.5 Å². The fraction of sp³-hybridized carbons (Fsp3) is 0.458. The molecule has 0 aliphatic carbocycles. The van der Waals surface area contributed by atoms with E-state index in [-0.39, 0.29) is 0 Å². The summed E-state index contributed by atoms with van der Waals surface area (Å²) in [5.74, 6) is 1.97. The minimum Gasteiger partial charge on any atom is -0.383 e. The Morgan fingerprint density at radius 2 is 2.00 bits per heavy atom. The molecule has 32 heavy (non-hydrogen) atoms. The highest BCUT2D eigenvalue weighted by Gasteiger charge is 2.22. The van der Waals surface area contributed by atoms with Gasteiger partial charge in [-0.3, -0.25) is 9.88 Å². The summed E-state index contributed by atoms with van der Waals surface area (Å²) in [5, 5.41) is 0.615. The van der Waals surface area contributed by atoms with E-state index >= 15 is 0 Å². The summed E-state index contributed by atoms with van der Waals surface area (Å²) >= 11 is 6.51. The van der Waals surface area contributed by atoms with Crippen molar-refractivity contribution in [3.8, 4) is 11.3 Å². The molecule has 1 aliphatic rings. The van der Waals surface area contributed by atoms with Crippen LogP contribution in [0.15, 0.2) is 30.7 Å². The highest BCUT2D eigenvalue weighted by atomic mass is 35.5. The first-order valence-corrected chi connectivity index (χ1v) is 11.5. The molecule has 0 fully saturated rings. The van der Waals surface area contributed by atoms with Crippen LogP contribution in [-0.4, -0.2) is 57.8 Å². The summed E-state index contributed by atoms with van der Waals surface area (Å²) < 4.78 is 7.49. The Hall–Kier alpha value is -2.48. The van der Waals surface area contributed by atoms with Gasteiger partial charge in [0.05, 0.1) is 29.6 Å². The number of pyridine rings is 2. The Morgan fingerprint density at radius 1 is 1.16 bits per heavy atom. The van der Waals surface area contributed by atoms with Gasteiger partial charge in [-0.15, -0.1) is 0 Å². The number of aromatic nitrogens is 4. The number of halogens is 1. The fourth-order valence-corrected chi connectivity index (χ4v) is 4.35. The van der Waals surface area contributed by atoms with Crippen molar-refractivity contribution in [1.82, 2.24) is 24.4 Å². The molecule has 0 spiro atoms.